The molecule has 0 aliphatic carbocycles. The molecule has 0 saturated carbocycles. The number of rotatable bonds is 6. The molecule has 1 atom stereocenters. The van der Waals surface area contributed by atoms with Crippen molar-refractivity contribution in [3.63, 3.8) is 0 Å². The maximum Gasteiger partial charge on any atom is 0.0638 e. The zero-order valence-electron chi connectivity index (χ0n) is 11.5. The Morgan fingerprint density at radius 3 is 2.41 bits per heavy atom. The smallest absolute Gasteiger partial charge is 0.0638 e. The number of H-pyrrole nitrogens is 1. The standard InChI is InChI=1S/C12H24N4.ClH/c1-6-11(16(4)5)7-13-8-12-9(2)14-15-10(12)3;/h11,13H,6-8H2,1-5H3,(H,14,15);1H. The molecule has 5 heteroatoms. The molecule has 0 fully saturated rings. The van der Waals surface area contributed by atoms with E-state index in [4.69, 9.17) is 0 Å². The van der Waals surface area contributed by atoms with Crippen molar-refractivity contribution in [1.29, 1.82) is 0 Å². The summed E-state index contributed by atoms with van der Waals surface area (Å²) in [5.41, 5.74) is 3.57. The molecule has 1 aromatic rings. The van der Waals surface area contributed by atoms with Gasteiger partial charge in [0.25, 0.3) is 0 Å². The molecule has 0 aromatic carbocycles. The van der Waals surface area contributed by atoms with Crippen LogP contribution in [0.5, 0.6) is 0 Å². The van der Waals surface area contributed by atoms with Gasteiger partial charge in [0.2, 0.25) is 0 Å². The molecule has 1 heterocycles. The Bertz CT molecular complexity index is 303. The summed E-state index contributed by atoms with van der Waals surface area (Å²) in [5, 5.41) is 10.7. The first kappa shape index (κ1) is 16.4. The van der Waals surface area contributed by atoms with Gasteiger partial charge in [-0.05, 0) is 34.4 Å². The Morgan fingerprint density at radius 1 is 1.35 bits per heavy atom. The molecule has 0 saturated heterocycles. The van der Waals surface area contributed by atoms with Gasteiger partial charge in [0.05, 0.1) is 5.69 Å². The van der Waals surface area contributed by atoms with Gasteiger partial charge in [-0.25, -0.2) is 0 Å². The molecule has 0 bridgehead atoms. The largest absolute Gasteiger partial charge is 0.311 e. The third-order valence-corrected chi connectivity index (χ3v) is 3.16. The summed E-state index contributed by atoms with van der Waals surface area (Å²) in [5.74, 6) is 0. The van der Waals surface area contributed by atoms with Crippen LogP contribution in [-0.4, -0.2) is 41.8 Å². The van der Waals surface area contributed by atoms with Crippen molar-refractivity contribution in [2.75, 3.05) is 20.6 Å². The molecule has 0 amide bonds. The minimum absolute atomic E-state index is 0. The molecule has 1 rings (SSSR count). The molecule has 0 aliphatic heterocycles. The van der Waals surface area contributed by atoms with Crippen LogP contribution in [0.2, 0.25) is 0 Å². The highest BCUT2D eigenvalue weighted by molar-refractivity contribution is 5.85. The van der Waals surface area contributed by atoms with E-state index >= 15 is 0 Å². The Balaban J connectivity index is 0.00000256. The first-order valence-corrected chi connectivity index (χ1v) is 5.93. The molecular formula is C12H25ClN4. The van der Waals surface area contributed by atoms with Gasteiger partial charge in [-0.2, -0.15) is 5.10 Å². The van der Waals surface area contributed by atoms with Crippen LogP contribution in [0.1, 0.15) is 30.3 Å². The van der Waals surface area contributed by atoms with E-state index in [1.807, 2.05) is 6.92 Å². The first-order chi connectivity index (χ1) is 7.56. The monoisotopic (exact) mass is 260 g/mol. The summed E-state index contributed by atoms with van der Waals surface area (Å²) in [4.78, 5) is 2.27. The van der Waals surface area contributed by atoms with Crippen molar-refractivity contribution < 1.29 is 0 Å². The minimum atomic E-state index is 0. The second-order valence-corrected chi connectivity index (χ2v) is 4.57. The van der Waals surface area contributed by atoms with Gasteiger partial charge in [-0.15, -0.1) is 12.4 Å². The van der Waals surface area contributed by atoms with Gasteiger partial charge < -0.3 is 10.2 Å². The number of hydrogen-bond donors (Lipinski definition) is 2. The lowest BCUT2D eigenvalue weighted by atomic mass is 10.1. The fraction of sp³-hybridized carbons (Fsp3) is 0.750. The Kier molecular flexibility index (Phi) is 7.43. The number of nitrogens with zero attached hydrogens (tertiary/aromatic N) is 2. The zero-order valence-corrected chi connectivity index (χ0v) is 12.3. The molecule has 1 aromatic heterocycles. The predicted octanol–water partition coefficient (Wildman–Crippen LogP) is 1.88. The van der Waals surface area contributed by atoms with Gasteiger partial charge in [-0.3, -0.25) is 5.10 Å². The second kappa shape index (κ2) is 7.69. The summed E-state index contributed by atoms with van der Waals surface area (Å²) >= 11 is 0. The van der Waals surface area contributed by atoms with Crippen LogP contribution in [0.25, 0.3) is 0 Å². The average molecular weight is 261 g/mol. The van der Waals surface area contributed by atoms with E-state index in [1.54, 1.807) is 0 Å². The summed E-state index contributed by atoms with van der Waals surface area (Å²) < 4.78 is 0. The lowest BCUT2D eigenvalue weighted by molar-refractivity contribution is 0.276. The van der Waals surface area contributed by atoms with Gasteiger partial charge in [0.15, 0.2) is 0 Å². The van der Waals surface area contributed by atoms with Gasteiger partial charge >= 0.3 is 0 Å². The molecule has 0 spiro atoms. The fourth-order valence-corrected chi connectivity index (χ4v) is 1.89. The molecule has 4 nitrogen and oxygen atoms in total. The van der Waals surface area contributed by atoms with Crippen molar-refractivity contribution in [3.05, 3.63) is 17.0 Å². The number of halogens is 1. The number of likely N-dealkylation sites (N-methyl/N-ethyl adjacent to an activating group) is 1. The minimum Gasteiger partial charge on any atom is -0.311 e. The molecule has 17 heavy (non-hydrogen) atoms. The average Bonchev–Trinajstić information content (AvgIpc) is 2.54. The summed E-state index contributed by atoms with van der Waals surface area (Å²) in [6.07, 6.45) is 1.17. The van der Waals surface area contributed by atoms with Gasteiger partial charge in [0.1, 0.15) is 0 Å². The predicted molar refractivity (Wildman–Crippen MR) is 74.8 cm³/mol. The Morgan fingerprint density at radius 2 is 2.00 bits per heavy atom. The highest BCUT2D eigenvalue weighted by Crippen LogP contribution is 2.08. The Labute approximate surface area is 111 Å². The normalized spacial score (nSPS) is 12.6. The summed E-state index contributed by atoms with van der Waals surface area (Å²) in [6.45, 7) is 8.26. The van der Waals surface area contributed by atoms with E-state index < -0.39 is 0 Å². The summed E-state index contributed by atoms with van der Waals surface area (Å²) in [7, 11) is 4.26. The van der Waals surface area contributed by atoms with Gasteiger partial charge in [-0.1, -0.05) is 6.92 Å². The summed E-state index contributed by atoms with van der Waals surface area (Å²) in [6, 6.07) is 0.604. The number of aromatic amines is 1. The molecule has 100 valence electrons. The van der Waals surface area contributed by atoms with E-state index in [0.29, 0.717) is 6.04 Å². The van der Waals surface area contributed by atoms with Crippen LogP contribution in [0.4, 0.5) is 0 Å². The van der Waals surface area contributed by atoms with Crippen LogP contribution in [0.15, 0.2) is 0 Å². The number of aromatic nitrogens is 2. The van der Waals surface area contributed by atoms with E-state index in [0.717, 1.165) is 18.8 Å². The zero-order chi connectivity index (χ0) is 12.1. The second-order valence-electron chi connectivity index (χ2n) is 4.57. The molecule has 0 radical (unpaired) electrons. The number of aryl methyl sites for hydroxylation is 2. The third kappa shape index (κ3) is 4.66. The topological polar surface area (TPSA) is 44.0 Å². The Hall–Kier alpha value is -0.580. The third-order valence-electron chi connectivity index (χ3n) is 3.16. The van der Waals surface area contributed by atoms with Crippen molar-refractivity contribution in [2.45, 2.75) is 39.8 Å². The van der Waals surface area contributed by atoms with Crippen molar-refractivity contribution >= 4 is 12.4 Å². The lowest BCUT2D eigenvalue weighted by Crippen LogP contribution is -2.37. The molecule has 1 unspecified atom stereocenters. The first-order valence-electron chi connectivity index (χ1n) is 5.93. The highest BCUT2D eigenvalue weighted by Gasteiger charge is 2.09. The van der Waals surface area contributed by atoms with Crippen LogP contribution >= 0.6 is 12.4 Å². The SMILES string of the molecule is CCC(CNCc1c(C)n[nH]c1C)N(C)C.Cl. The number of hydrogen-bond acceptors (Lipinski definition) is 3. The lowest BCUT2D eigenvalue weighted by Gasteiger charge is -2.23. The van der Waals surface area contributed by atoms with Crippen LogP contribution in [0.3, 0.4) is 0 Å². The highest BCUT2D eigenvalue weighted by atomic mass is 35.5. The van der Waals surface area contributed by atoms with E-state index in [9.17, 15) is 0 Å². The molecule has 2 N–H and O–H groups in total. The fourth-order valence-electron chi connectivity index (χ4n) is 1.89. The quantitative estimate of drug-likeness (QED) is 0.821. The van der Waals surface area contributed by atoms with E-state index in [2.05, 4.69) is 48.4 Å². The maximum atomic E-state index is 4.19. The maximum absolute atomic E-state index is 4.19. The number of nitrogens with one attached hydrogen (secondary N) is 2. The van der Waals surface area contributed by atoms with Crippen molar-refractivity contribution in [2.24, 2.45) is 0 Å². The van der Waals surface area contributed by atoms with E-state index in [-0.39, 0.29) is 12.4 Å². The van der Waals surface area contributed by atoms with Crippen molar-refractivity contribution in [3.8, 4) is 0 Å². The van der Waals surface area contributed by atoms with Crippen LogP contribution in [0, 0.1) is 13.8 Å². The van der Waals surface area contributed by atoms with Crippen molar-refractivity contribution in [1.82, 2.24) is 20.4 Å². The van der Waals surface area contributed by atoms with Crippen LogP contribution in [-0.2, 0) is 6.54 Å². The van der Waals surface area contributed by atoms with Gasteiger partial charge in [0, 0.05) is 30.4 Å². The van der Waals surface area contributed by atoms with Crippen LogP contribution < -0.4 is 5.32 Å². The van der Waals surface area contributed by atoms with E-state index in [1.165, 1.54) is 17.7 Å². The molecule has 0 aliphatic rings. The molecular weight excluding hydrogens is 236 g/mol.